The van der Waals surface area contributed by atoms with Gasteiger partial charge in [-0.1, -0.05) is 54.6 Å². The van der Waals surface area contributed by atoms with Gasteiger partial charge in [0.2, 0.25) is 0 Å². The Morgan fingerprint density at radius 3 is 2.61 bits per heavy atom. The maximum absolute atomic E-state index is 12.3. The summed E-state index contributed by atoms with van der Waals surface area (Å²) in [5, 5.41) is 11.5. The molecule has 0 N–H and O–H groups in total. The van der Waals surface area contributed by atoms with Crippen molar-refractivity contribution in [2.24, 2.45) is 0 Å². The molecule has 0 saturated heterocycles. The highest BCUT2D eigenvalue weighted by molar-refractivity contribution is 6.02. The van der Waals surface area contributed by atoms with E-state index in [4.69, 9.17) is 0 Å². The van der Waals surface area contributed by atoms with E-state index in [-0.39, 0.29) is 5.78 Å². The summed E-state index contributed by atoms with van der Waals surface area (Å²) >= 11 is 0. The number of allylic oxidation sites excluding steroid dienone is 1. The van der Waals surface area contributed by atoms with Crippen molar-refractivity contribution in [2.45, 2.75) is 5.92 Å². The van der Waals surface area contributed by atoms with Crippen LogP contribution in [0.25, 0.3) is 16.8 Å². The molecule has 3 rings (SSSR count). The molecule has 0 fully saturated rings. The zero-order chi connectivity index (χ0) is 16.1. The Bertz CT molecular complexity index is 902. The number of hydrogen-bond donors (Lipinski definition) is 0. The standard InChI is InChI=1S/C20H14N2O/c21-14-18(19-10-3-4-13-22-19)20(23)12-11-16-8-5-7-15-6-1-2-9-17(15)16/h1-13,18H/b12-11-/t18-/m0/s1. The minimum Gasteiger partial charge on any atom is -0.293 e. The van der Waals surface area contributed by atoms with Crippen LogP contribution in [0.15, 0.2) is 72.9 Å². The third-order valence-electron chi connectivity index (χ3n) is 3.65. The van der Waals surface area contributed by atoms with Gasteiger partial charge in [0, 0.05) is 6.20 Å². The van der Waals surface area contributed by atoms with Gasteiger partial charge < -0.3 is 0 Å². The third-order valence-corrected chi connectivity index (χ3v) is 3.65. The molecule has 0 aliphatic carbocycles. The topological polar surface area (TPSA) is 53.8 Å². The number of nitriles is 1. The Labute approximate surface area is 134 Å². The van der Waals surface area contributed by atoms with Gasteiger partial charge in [0.1, 0.15) is 0 Å². The van der Waals surface area contributed by atoms with Crippen LogP contribution in [0.1, 0.15) is 17.2 Å². The molecule has 0 aliphatic heterocycles. The predicted octanol–water partition coefficient (Wildman–Crippen LogP) is 4.12. The summed E-state index contributed by atoms with van der Waals surface area (Å²) in [7, 11) is 0. The molecule has 1 atom stereocenters. The first-order chi connectivity index (χ1) is 11.3. The average Bonchev–Trinajstić information content (AvgIpc) is 2.61. The maximum atomic E-state index is 12.3. The zero-order valence-electron chi connectivity index (χ0n) is 12.4. The van der Waals surface area contributed by atoms with Crippen molar-refractivity contribution < 1.29 is 4.79 Å². The molecule has 3 nitrogen and oxygen atoms in total. The lowest BCUT2D eigenvalue weighted by Gasteiger charge is -2.04. The van der Waals surface area contributed by atoms with Crippen LogP contribution >= 0.6 is 0 Å². The van der Waals surface area contributed by atoms with E-state index in [9.17, 15) is 10.1 Å². The molecule has 0 aliphatic rings. The van der Waals surface area contributed by atoms with Gasteiger partial charge in [0.05, 0.1) is 11.8 Å². The number of benzene rings is 2. The molecule has 0 bridgehead atoms. The van der Waals surface area contributed by atoms with Crippen LogP contribution in [0.5, 0.6) is 0 Å². The first-order valence-corrected chi connectivity index (χ1v) is 7.30. The van der Waals surface area contributed by atoms with Crippen LogP contribution < -0.4 is 0 Å². The molecule has 0 radical (unpaired) electrons. The summed E-state index contributed by atoms with van der Waals surface area (Å²) in [4.78, 5) is 16.4. The van der Waals surface area contributed by atoms with Crippen LogP contribution in [0.3, 0.4) is 0 Å². The van der Waals surface area contributed by atoms with Gasteiger partial charge in [-0.3, -0.25) is 9.78 Å². The molecule has 2 aromatic carbocycles. The first kappa shape index (κ1) is 14.7. The third kappa shape index (κ3) is 3.17. The molecule has 3 heteroatoms. The molecule has 1 aromatic heterocycles. The fourth-order valence-corrected chi connectivity index (χ4v) is 2.49. The quantitative estimate of drug-likeness (QED) is 0.681. The van der Waals surface area contributed by atoms with Crippen LogP contribution in [0, 0.1) is 11.3 Å². The summed E-state index contributed by atoms with van der Waals surface area (Å²) in [6.07, 6.45) is 4.81. The number of carbonyl (C=O) groups excluding carboxylic acids is 1. The van der Waals surface area contributed by atoms with Gasteiger partial charge in [-0.25, -0.2) is 0 Å². The summed E-state index contributed by atoms with van der Waals surface area (Å²) in [6.45, 7) is 0. The maximum Gasteiger partial charge on any atom is 0.178 e. The van der Waals surface area contributed by atoms with E-state index in [1.807, 2.05) is 48.5 Å². The number of carbonyl (C=O) groups is 1. The van der Waals surface area contributed by atoms with Gasteiger partial charge in [-0.2, -0.15) is 5.26 Å². The predicted molar refractivity (Wildman–Crippen MR) is 90.6 cm³/mol. The van der Waals surface area contributed by atoms with Gasteiger partial charge in [-0.05, 0) is 34.5 Å². The molecule has 3 aromatic rings. The van der Waals surface area contributed by atoms with E-state index in [0.29, 0.717) is 5.69 Å². The van der Waals surface area contributed by atoms with Crippen LogP contribution in [-0.2, 0) is 4.79 Å². The van der Waals surface area contributed by atoms with Crippen molar-refractivity contribution >= 4 is 22.6 Å². The number of nitrogens with zero attached hydrogens (tertiary/aromatic N) is 2. The summed E-state index contributed by atoms with van der Waals surface area (Å²) in [5.41, 5.74) is 1.43. The van der Waals surface area contributed by atoms with E-state index in [0.717, 1.165) is 16.3 Å². The SMILES string of the molecule is N#C[C@H](C(=O)/C=C\c1cccc2ccccc12)c1ccccn1. The molecule has 0 spiro atoms. The van der Waals surface area contributed by atoms with Crippen LogP contribution in [-0.4, -0.2) is 10.8 Å². The Hall–Kier alpha value is -3.25. The Morgan fingerprint density at radius 2 is 1.83 bits per heavy atom. The van der Waals surface area contributed by atoms with E-state index in [1.165, 1.54) is 6.08 Å². The van der Waals surface area contributed by atoms with Crippen molar-refractivity contribution in [3.05, 3.63) is 84.2 Å². The summed E-state index contributed by atoms with van der Waals surface area (Å²) in [6, 6.07) is 21.2. The van der Waals surface area contributed by atoms with Crippen LogP contribution in [0.2, 0.25) is 0 Å². The zero-order valence-corrected chi connectivity index (χ0v) is 12.4. The second-order valence-corrected chi connectivity index (χ2v) is 5.12. The number of fused-ring (bicyclic) bond motifs is 1. The summed E-state index contributed by atoms with van der Waals surface area (Å²) in [5.74, 6) is -1.14. The smallest absolute Gasteiger partial charge is 0.178 e. The minimum absolute atomic E-state index is 0.265. The highest BCUT2D eigenvalue weighted by Gasteiger charge is 2.18. The van der Waals surface area contributed by atoms with Crippen molar-refractivity contribution in [3.8, 4) is 6.07 Å². The van der Waals surface area contributed by atoms with Crippen molar-refractivity contribution in [3.63, 3.8) is 0 Å². The molecular formula is C20H14N2O. The van der Waals surface area contributed by atoms with Gasteiger partial charge in [-0.15, -0.1) is 0 Å². The normalized spacial score (nSPS) is 12.1. The average molecular weight is 298 g/mol. The van der Waals surface area contributed by atoms with Crippen molar-refractivity contribution in [2.75, 3.05) is 0 Å². The Balaban J connectivity index is 1.89. The number of ketones is 1. The van der Waals surface area contributed by atoms with Crippen LogP contribution in [0.4, 0.5) is 0 Å². The fraction of sp³-hybridized carbons (Fsp3) is 0.0500. The largest absolute Gasteiger partial charge is 0.293 e. The van der Waals surface area contributed by atoms with Gasteiger partial charge in [0.25, 0.3) is 0 Å². The second-order valence-electron chi connectivity index (χ2n) is 5.12. The summed E-state index contributed by atoms with van der Waals surface area (Å²) < 4.78 is 0. The monoisotopic (exact) mass is 298 g/mol. The fourth-order valence-electron chi connectivity index (χ4n) is 2.49. The molecular weight excluding hydrogens is 284 g/mol. The number of rotatable bonds is 4. The van der Waals surface area contributed by atoms with E-state index in [1.54, 1.807) is 30.5 Å². The van der Waals surface area contributed by atoms with E-state index >= 15 is 0 Å². The molecule has 23 heavy (non-hydrogen) atoms. The van der Waals surface area contributed by atoms with E-state index < -0.39 is 5.92 Å². The first-order valence-electron chi connectivity index (χ1n) is 7.30. The Kier molecular flexibility index (Phi) is 4.26. The number of aromatic nitrogens is 1. The number of pyridine rings is 1. The van der Waals surface area contributed by atoms with Crippen molar-refractivity contribution in [1.82, 2.24) is 4.98 Å². The highest BCUT2D eigenvalue weighted by atomic mass is 16.1. The highest BCUT2D eigenvalue weighted by Crippen LogP contribution is 2.20. The van der Waals surface area contributed by atoms with Gasteiger partial charge in [0.15, 0.2) is 11.7 Å². The van der Waals surface area contributed by atoms with Crippen molar-refractivity contribution in [1.29, 1.82) is 5.26 Å². The number of hydrogen-bond acceptors (Lipinski definition) is 3. The molecule has 1 heterocycles. The second kappa shape index (κ2) is 6.67. The molecule has 0 saturated carbocycles. The lowest BCUT2D eigenvalue weighted by Crippen LogP contribution is -2.09. The van der Waals surface area contributed by atoms with Gasteiger partial charge >= 0.3 is 0 Å². The minimum atomic E-state index is -0.873. The lowest BCUT2D eigenvalue weighted by atomic mass is 9.99. The Morgan fingerprint density at radius 1 is 1.04 bits per heavy atom. The van der Waals surface area contributed by atoms with E-state index in [2.05, 4.69) is 4.98 Å². The molecule has 110 valence electrons. The lowest BCUT2D eigenvalue weighted by molar-refractivity contribution is -0.114. The molecule has 0 unspecified atom stereocenters. The molecule has 0 amide bonds.